The van der Waals surface area contributed by atoms with Gasteiger partial charge in [-0.05, 0) is 72.5 Å². The summed E-state index contributed by atoms with van der Waals surface area (Å²) in [6.45, 7) is 3.31. The standard InChI is InChI=1S/C28H29N3O2S/c1-34(33)23-14-15-25-24(18-23)26(28(32)30-25)27(21-8-4-2-5-9-21)29-22-12-10-20(11-13-22)19-31-16-6-3-7-17-31/h2,4-5,8-15,18,29H,3,6-7,16-17,19H2,1H3,(H,30,32)/b27-26-. The maximum absolute atomic E-state index is 13.1. The van der Waals surface area contributed by atoms with E-state index in [1.165, 1.54) is 37.9 Å². The van der Waals surface area contributed by atoms with Crippen molar-refractivity contribution < 1.29 is 9.35 Å². The third kappa shape index (κ3) is 4.89. The summed E-state index contributed by atoms with van der Waals surface area (Å²) in [5.41, 5.74) is 5.93. The molecular formula is C28H29N3O2S. The summed E-state index contributed by atoms with van der Waals surface area (Å²) in [6.07, 6.45) is 5.55. The number of carbonyl (C=O) groups excluding carboxylic acids is 1. The molecule has 1 atom stereocenters. The number of fused-ring (bicyclic) bond motifs is 1. The van der Waals surface area contributed by atoms with Gasteiger partial charge in [-0.25, -0.2) is 0 Å². The lowest BCUT2D eigenvalue weighted by Gasteiger charge is -2.26. The zero-order chi connectivity index (χ0) is 23.5. The van der Waals surface area contributed by atoms with E-state index in [9.17, 15) is 9.35 Å². The van der Waals surface area contributed by atoms with Crippen molar-refractivity contribution in [2.45, 2.75) is 30.7 Å². The Kier molecular flexibility index (Phi) is 6.72. The Morgan fingerprint density at radius 3 is 2.44 bits per heavy atom. The summed E-state index contributed by atoms with van der Waals surface area (Å²) in [7, 11) is 0. The van der Waals surface area contributed by atoms with Crippen LogP contribution in [0.15, 0.2) is 77.7 Å². The van der Waals surface area contributed by atoms with Gasteiger partial charge in [-0.1, -0.05) is 48.9 Å². The molecule has 5 nitrogen and oxygen atoms in total. The molecule has 3 aromatic carbocycles. The monoisotopic (exact) mass is 471 g/mol. The quantitative estimate of drug-likeness (QED) is 0.376. The van der Waals surface area contributed by atoms with Gasteiger partial charge in [-0.15, -0.1) is 0 Å². The van der Waals surface area contributed by atoms with Gasteiger partial charge >= 0.3 is 0 Å². The first-order chi connectivity index (χ1) is 16.6. The molecule has 34 heavy (non-hydrogen) atoms. The van der Waals surface area contributed by atoms with Gasteiger partial charge in [0.15, 0.2) is 4.90 Å². The van der Waals surface area contributed by atoms with Crippen LogP contribution in [0.1, 0.15) is 36.0 Å². The predicted octanol–water partition coefficient (Wildman–Crippen LogP) is 5.34. The smallest absolute Gasteiger partial charge is 0.258 e. The molecule has 0 radical (unpaired) electrons. The van der Waals surface area contributed by atoms with Gasteiger partial charge in [0, 0.05) is 29.5 Å². The Bertz CT molecular complexity index is 1200. The SMILES string of the molecule is C[S+]([O-])c1ccc2c(c1)/C(=C(/Nc1ccc(CN3CCCCC3)cc1)c1ccccc1)C(=O)N2. The first-order valence-electron chi connectivity index (χ1n) is 11.8. The van der Waals surface area contributed by atoms with Crippen LogP contribution < -0.4 is 10.6 Å². The minimum absolute atomic E-state index is 0.165. The fourth-order valence-electron chi connectivity index (χ4n) is 4.67. The van der Waals surface area contributed by atoms with Crippen LogP contribution in [0.4, 0.5) is 11.4 Å². The van der Waals surface area contributed by atoms with Crippen molar-refractivity contribution in [3.8, 4) is 0 Å². The Morgan fingerprint density at radius 1 is 1.00 bits per heavy atom. The van der Waals surface area contributed by atoms with Gasteiger partial charge in [-0.3, -0.25) is 9.69 Å². The van der Waals surface area contributed by atoms with Crippen LogP contribution in [0, 0.1) is 0 Å². The largest absolute Gasteiger partial charge is 0.612 e. The molecular weight excluding hydrogens is 442 g/mol. The summed E-state index contributed by atoms with van der Waals surface area (Å²) < 4.78 is 12.1. The zero-order valence-corrected chi connectivity index (χ0v) is 20.2. The molecule has 3 aromatic rings. The number of nitrogens with one attached hydrogen (secondary N) is 2. The minimum Gasteiger partial charge on any atom is -0.612 e. The van der Waals surface area contributed by atoms with Gasteiger partial charge in [0.2, 0.25) is 0 Å². The van der Waals surface area contributed by atoms with E-state index in [2.05, 4.69) is 39.8 Å². The lowest BCUT2D eigenvalue weighted by molar-refractivity contribution is -0.110. The number of amides is 1. The number of anilines is 2. The predicted molar refractivity (Wildman–Crippen MR) is 140 cm³/mol. The van der Waals surface area contributed by atoms with Gasteiger partial charge in [0.05, 0.1) is 11.3 Å². The highest BCUT2D eigenvalue weighted by molar-refractivity contribution is 7.90. The fraction of sp³-hybridized carbons (Fsp3) is 0.250. The van der Waals surface area contributed by atoms with Crippen LogP contribution >= 0.6 is 0 Å². The third-order valence-corrected chi connectivity index (χ3v) is 7.38. The Morgan fingerprint density at radius 2 is 1.74 bits per heavy atom. The molecule has 2 heterocycles. The van der Waals surface area contributed by atoms with Crippen molar-refractivity contribution in [1.29, 1.82) is 0 Å². The van der Waals surface area contributed by atoms with Crippen molar-refractivity contribution in [3.63, 3.8) is 0 Å². The Hall–Kier alpha value is -3.06. The number of piperidine rings is 1. The van der Waals surface area contributed by atoms with E-state index in [4.69, 9.17) is 0 Å². The van der Waals surface area contributed by atoms with Gasteiger partial charge in [0.1, 0.15) is 6.26 Å². The summed E-state index contributed by atoms with van der Waals surface area (Å²) in [5.74, 6) is -0.165. The second-order valence-electron chi connectivity index (χ2n) is 8.89. The van der Waals surface area contributed by atoms with Crippen molar-refractivity contribution >= 4 is 39.7 Å². The molecule has 2 aliphatic rings. The average Bonchev–Trinajstić information content (AvgIpc) is 3.19. The van der Waals surface area contributed by atoms with Crippen LogP contribution in [-0.2, 0) is 22.5 Å². The summed E-state index contributed by atoms with van der Waals surface area (Å²) in [4.78, 5) is 16.3. The van der Waals surface area contributed by atoms with E-state index < -0.39 is 11.2 Å². The van der Waals surface area contributed by atoms with Crippen molar-refractivity contribution in [2.75, 3.05) is 30.0 Å². The maximum Gasteiger partial charge on any atom is 0.258 e. The van der Waals surface area contributed by atoms with E-state index in [1.807, 2.05) is 42.5 Å². The number of likely N-dealkylation sites (tertiary alicyclic amines) is 1. The first-order valence-corrected chi connectivity index (χ1v) is 13.3. The van der Waals surface area contributed by atoms with Crippen molar-refractivity contribution in [1.82, 2.24) is 4.90 Å². The molecule has 1 amide bonds. The zero-order valence-electron chi connectivity index (χ0n) is 19.3. The molecule has 1 saturated heterocycles. The molecule has 5 rings (SSSR count). The molecule has 2 aliphatic heterocycles. The van der Waals surface area contributed by atoms with E-state index in [0.717, 1.165) is 34.7 Å². The van der Waals surface area contributed by atoms with Crippen molar-refractivity contribution in [3.05, 3.63) is 89.5 Å². The normalized spacial score (nSPS) is 18.2. The highest BCUT2D eigenvalue weighted by Gasteiger charge is 2.29. The lowest BCUT2D eigenvalue weighted by atomic mass is 10.00. The van der Waals surface area contributed by atoms with Gasteiger partial charge < -0.3 is 15.2 Å². The summed E-state index contributed by atoms with van der Waals surface area (Å²) in [5, 5.41) is 6.48. The molecule has 2 N–H and O–H groups in total. The molecule has 0 bridgehead atoms. The molecule has 0 saturated carbocycles. The fourth-order valence-corrected chi connectivity index (χ4v) is 5.21. The Labute approximate surface area is 204 Å². The number of nitrogens with zero attached hydrogens (tertiary/aromatic N) is 1. The average molecular weight is 472 g/mol. The first kappa shape index (κ1) is 22.7. The highest BCUT2D eigenvalue weighted by atomic mass is 32.2. The van der Waals surface area contributed by atoms with E-state index in [0.29, 0.717) is 10.5 Å². The number of hydrogen-bond acceptors (Lipinski definition) is 4. The number of hydrogen-bond donors (Lipinski definition) is 2. The Balaban J connectivity index is 1.49. The molecule has 6 heteroatoms. The molecule has 0 spiro atoms. The summed E-state index contributed by atoms with van der Waals surface area (Å²) >= 11 is -1.14. The second-order valence-corrected chi connectivity index (χ2v) is 10.3. The van der Waals surface area contributed by atoms with Gasteiger partial charge in [0.25, 0.3) is 5.91 Å². The van der Waals surface area contributed by atoms with Crippen LogP contribution in [-0.4, -0.2) is 34.7 Å². The van der Waals surface area contributed by atoms with E-state index in [1.54, 1.807) is 12.3 Å². The topological polar surface area (TPSA) is 67.4 Å². The second kappa shape index (κ2) is 10.1. The molecule has 0 aromatic heterocycles. The minimum atomic E-state index is -1.14. The summed E-state index contributed by atoms with van der Waals surface area (Å²) in [6, 6.07) is 23.8. The van der Waals surface area contributed by atoms with Crippen LogP contribution in [0.3, 0.4) is 0 Å². The number of rotatable bonds is 6. The number of benzene rings is 3. The molecule has 0 aliphatic carbocycles. The molecule has 1 unspecified atom stereocenters. The van der Waals surface area contributed by atoms with Crippen LogP contribution in [0.5, 0.6) is 0 Å². The van der Waals surface area contributed by atoms with E-state index in [-0.39, 0.29) is 5.91 Å². The highest BCUT2D eigenvalue weighted by Crippen LogP contribution is 2.38. The maximum atomic E-state index is 13.1. The molecule has 1 fully saturated rings. The number of carbonyl (C=O) groups is 1. The lowest BCUT2D eigenvalue weighted by Crippen LogP contribution is -2.29. The molecule has 174 valence electrons. The van der Waals surface area contributed by atoms with Crippen LogP contribution in [0.25, 0.3) is 11.3 Å². The third-order valence-electron chi connectivity index (χ3n) is 6.46. The van der Waals surface area contributed by atoms with Crippen molar-refractivity contribution in [2.24, 2.45) is 0 Å². The van der Waals surface area contributed by atoms with E-state index >= 15 is 0 Å². The van der Waals surface area contributed by atoms with Gasteiger partial charge in [-0.2, -0.15) is 0 Å². The van der Waals surface area contributed by atoms with Crippen LogP contribution in [0.2, 0.25) is 0 Å².